The minimum absolute atomic E-state index is 0.0677. The Morgan fingerprint density at radius 2 is 1.95 bits per heavy atom. The average molecular weight is 280 g/mol. The summed E-state index contributed by atoms with van der Waals surface area (Å²) in [6.45, 7) is 5.32. The summed E-state index contributed by atoms with van der Waals surface area (Å²) in [5.74, 6) is 0. The number of nitrogens with zero attached hydrogens (tertiary/aromatic N) is 1. The van der Waals surface area contributed by atoms with Crippen molar-refractivity contribution >= 4 is 21.4 Å². The van der Waals surface area contributed by atoms with Crippen molar-refractivity contribution in [2.24, 2.45) is 0 Å². The first-order chi connectivity index (χ1) is 8.81. The van der Waals surface area contributed by atoms with E-state index >= 15 is 0 Å². The fourth-order valence-electron chi connectivity index (χ4n) is 1.80. The minimum Gasteiger partial charge on any atom is -0.398 e. The van der Waals surface area contributed by atoms with Gasteiger partial charge in [0.25, 0.3) is 10.0 Å². The predicted octanol–water partition coefficient (Wildman–Crippen LogP) is 1.72. The normalized spacial score (nSPS) is 11.5. The van der Waals surface area contributed by atoms with E-state index in [2.05, 4.69) is 14.9 Å². The molecule has 7 heteroatoms. The molecule has 0 saturated heterocycles. The first-order valence-electron chi connectivity index (χ1n) is 5.72. The topological polar surface area (TPSA) is 101 Å². The summed E-state index contributed by atoms with van der Waals surface area (Å²) < 4.78 is 27.1. The van der Waals surface area contributed by atoms with Crippen LogP contribution in [0.1, 0.15) is 17.0 Å². The smallest absolute Gasteiger partial charge is 0.264 e. The lowest BCUT2D eigenvalue weighted by Crippen LogP contribution is -2.15. The summed E-state index contributed by atoms with van der Waals surface area (Å²) in [7, 11) is -3.71. The Kier molecular flexibility index (Phi) is 3.23. The van der Waals surface area contributed by atoms with Crippen molar-refractivity contribution < 1.29 is 8.42 Å². The summed E-state index contributed by atoms with van der Waals surface area (Å²) in [5, 5.41) is 6.67. The Hall–Kier alpha value is -2.02. The summed E-state index contributed by atoms with van der Waals surface area (Å²) in [6, 6.07) is 4.83. The van der Waals surface area contributed by atoms with Gasteiger partial charge in [0.2, 0.25) is 0 Å². The molecule has 0 atom stereocenters. The van der Waals surface area contributed by atoms with Gasteiger partial charge in [-0.1, -0.05) is 6.07 Å². The largest absolute Gasteiger partial charge is 0.398 e. The number of hydrogen-bond donors (Lipinski definition) is 3. The zero-order chi connectivity index (χ0) is 14.2. The van der Waals surface area contributed by atoms with Crippen LogP contribution in [0.15, 0.2) is 23.1 Å². The molecular formula is C12H16N4O2S. The van der Waals surface area contributed by atoms with Crippen LogP contribution < -0.4 is 10.5 Å². The number of hydrogen-bond acceptors (Lipinski definition) is 4. The molecule has 4 N–H and O–H groups in total. The van der Waals surface area contributed by atoms with Crippen molar-refractivity contribution in [3.63, 3.8) is 0 Å². The van der Waals surface area contributed by atoms with E-state index in [1.54, 1.807) is 26.0 Å². The van der Waals surface area contributed by atoms with Crippen LogP contribution in [-0.2, 0) is 10.0 Å². The highest BCUT2D eigenvalue weighted by molar-refractivity contribution is 7.92. The number of aromatic amines is 1. The van der Waals surface area contributed by atoms with Crippen molar-refractivity contribution in [3.8, 4) is 0 Å². The van der Waals surface area contributed by atoms with Gasteiger partial charge < -0.3 is 5.73 Å². The first-order valence-corrected chi connectivity index (χ1v) is 7.20. The maximum Gasteiger partial charge on any atom is 0.264 e. The number of aromatic nitrogens is 2. The van der Waals surface area contributed by atoms with Crippen LogP contribution in [0.2, 0.25) is 0 Å². The molecule has 0 aliphatic heterocycles. The van der Waals surface area contributed by atoms with E-state index in [0.29, 0.717) is 17.1 Å². The molecule has 1 aromatic carbocycles. The third-order valence-electron chi connectivity index (χ3n) is 2.82. The van der Waals surface area contributed by atoms with E-state index in [-0.39, 0.29) is 10.6 Å². The van der Waals surface area contributed by atoms with Crippen molar-refractivity contribution in [2.75, 3.05) is 10.5 Å². The Balaban J connectivity index is 2.44. The molecule has 1 heterocycles. The lowest BCUT2D eigenvalue weighted by Gasteiger charge is -2.10. The van der Waals surface area contributed by atoms with Gasteiger partial charge in [0.05, 0.1) is 22.8 Å². The lowest BCUT2D eigenvalue weighted by molar-refractivity contribution is 0.601. The van der Waals surface area contributed by atoms with Crippen LogP contribution >= 0.6 is 0 Å². The van der Waals surface area contributed by atoms with Crippen LogP contribution in [0.5, 0.6) is 0 Å². The molecule has 0 bridgehead atoms. The molecule has 1 aromatic heterocycles. The second-order valence-electron chi connectivity index (χ2n) is 4.46. The average Bonchev–Trinajstić information content (AvgIpc) is 2.60. The Morgan fingerprint density at radius 1 is 1.26 bits per heavy atom. The first kappa shape index (κ1) is 13.4. The van der Waals surface area contributed by atoms with E-state index in [9.17, 15) is 8.42 Å². The molecule has 0 saturated carbocycles. The Bertz CT molecular complexity index is 700. The zero-order valence-electron chi connectivity index (χ0n) is 11.0. The van der Waals surface area contributed by atoms with Crippen molar-refractivity contribution in [1.82, 2.24) is 10.2 Å². The van der Waals surface area contributed by atoms with E-state index < -0.39 is 10.0 Å². The van der Waals surface area contributed by atoms with Crippen molar-refractivity contribution in [1.29, 1.82) is 0 Å². The fraction of sp³-hybridized carbons (Fsp3) is 0.250. The SMILES string of the molecule is Cc1ccc(S(=O)(=O)Nc2c(C)n[nH]c2C)c(N)c1. The number of benzene rings is 1. The molecule has 2 aromatic rings. The van der Waals surface area contributed by atoms with Gasteiger partial charge in [-0.05, 0) is 38.5 Å². The molecule has 0 radical (unpaired) electrons. The van der Waals surface area contributed by atoms with Gasteiger partial charge in [-0.2, -0.15) is 5.10 Å². The van der Waals surface area contributed by atoms with Gasteiger partial charge in [0.1, 0.15) is 4.90 Å². The number of nitrogens with one attached hydrogen (secondary N) is 2. The molecule has 19 heavy (non-hydrogen) atoms. The van der Waals surface area contributed by atoms with Crippen molar-refractivity contribution in [2.45, 2.75) is 25.7 Å². The summed E-state index contributed by atoms with van der Waals surface area (Å²) in [5.41, 5.74) is 8.61. The second-order valence-corrected chi connectivity index (χ2v) is 6.11. The molecule has 0 aliphatic rings. The standard InChI is InChI=1S/C12H16N4O2S/c1-7-4-5-11(10(13)6-7)19(17,18)16-12-8(2)14-15-9(12)3/h4-6,16H,13H2,1-3H3,(H,14,15). The van der Waals surface area contributed by atoms with Crippen LogP contribution in [0, 0.1) is 20.8 Å². The number of sulfonamides is 1. The van der Waals surface area contributed by atoms with Crippen LogP contribution in [0.25, 0.3) is 0 Å². The summed E-state index contributed by atoms with van der Waals surface area (Å²) >= 11 is 0. The quantitative estimate of drug-likeness (QED) is 0.745. The van der Waals surface area contributed by atoms with E-state index in [0.717, 1.165) is 5.56 Å². The molecule has 0 spiro atoms. The van der Waals surface area contributed by atoms with E-state index in [4.69, 9.17) is 5.73 Å². The Morgan fingerprint density at radius 3 is 2.47 bits per heavy atom. The maximum atomic E-state index is 12.3. The number of H-pyrrole nitrogens is 1. The van der Waals surface area contributed by atoms with Gasteiger partial charge in [0.15, 0.2) is 0 Å². The molecule has 102 valence electrons. The van der Waals surface area contributed by atoms with Gasteiger partial charge >= 0.3 is 0 Å². The molecular weight excluding hydrogens is 264 g/mol. The number of anilines is 2. The zero-order valence-corrected chi connectivity index (χ0v) is 11.8. The summed E-state index contributed by atoms with van der Waals surface area (Å²) in [4.78, 5) is 0.0677. The van der Waals surface area contributed by atoms with Crippen LogP contribution in [-0.4, -0.2) is 18.6 Å². The monoisotopic (exact) mass is 280 g/mol. The number of aryl methyl sites for hydroxylation is 3. The number of nitrogen functional groups attached to an aromatic ring is 1. The number of nitrogens with two attached hydrogens (primary N) is 1. The lowest BCUT2D eigenvalue weighted by atomic mass is 10.2. The highest BCUT2D eigenvalue weighted by Crippen LogP contribution is 2.25. The number of rotatable bonds is 3. The highest BCUT2D eigenvalue weighted by Gasteiger charge is 2.20. The van der Waals surface area contributed by atoms with Gasteiger partial charge in [-0.3, -0.25) is 9.82 Å². The van der Waals surface area contributed by atoms with Gasteiger partial charge in [-0.15, -0.1) is 0 Å². The molecule has 0 unspecified atom stereocenters. The summed E-state index contributed by atoms with van der Waals surface area (Å²) in [6.07, 6.45) is 0. The maximum absolute atomic E-state index is 12.3. The fourth-order valence-corrected chi connectivity index (χ4v) is 3.10. The van der Waals surface area contributed by atoms with Gasteiger partial charge in [-0.25, -0.2) is 8.42 Å². The third kappa shape index (κ3) is 2.55. The molecule has 0 aliphatic carbocycles. The molecule has 0 fully saturated rings. The van der Waals surface area contributed by atoms with E-state index in [1.165, 1.54) is 6.07 Å². The predicted molar refractivity (Wildman–Crippen MR) is 74.5 cm³/mol. The third-order valence-corrected chi connectivity index (χ3v) is 4.24. The second kappa shape index (κ2) is 4.58. The minimum atomic E-state index is -3.71. The Labute approximate surface area is 112 Å². The van der Waals surface area contributed by atoms with Crippen LogP contribution in [0.3, 0.4) is 0 Å². The highest BCUT2D eigenvalue weighted by atomic mass is 32.2. The van der Waals surface area contributed by atoms with E-state index in [1.807, 2.05) is 6.92 Å². The molecule has 0 amide bonds. The van der Waals surface area contributed by atoms with Gasteiger partial charge in [0, 0.05) is 0 Å². The molecule has 2 rings (SSSR count). The molecule has 6 nitrogen and oxygen atoms in total. The van der Waals surface area contributed by atoms with Crippen molar-refractivity contribution in [3.05, 3.63) is 35.2 Å². The van der Waals surface area contributed by atoms with Crippen LogP contribution in [0.4, 0.5) is 11.4 Å².